The molecule has 1 aliphatic rings. The molecule has 1 aromatic carbocycles. The van der Waals surface area contributed by atoms with E-state index in [0.717, 1.165) is 17.5 Å². The van der Waals surface area contributed by atoms with E-state index in [9.17, 15) is 9.59 Å². The highest BCUT2D eigenvalue weighted by molar-refractivity contribution is 7.14. The molecule has 1 atom stereocenters. The lowest BCUT2D eigenvalue weighted by molar-refractivity contribution is -0.147. The molecule has 8 heteroatoms. The van der Waals surface area contributed by atoms with Crippen LogP contribution in [-0.4, -0.2) is 30.5 Å². The Labute approximate surface area is 192 Å². The van der Waals surface area contributed by atoms with Crippen molar-refractivity contribution in [2.45, 2.75) is 46.2 Å². The van der Waals surface area contributed by atoms with Gasteiger partial charge in [-0.15, -0.1) is 23.7 Å². The normalized spacial score (nSPS) is 15.0. The van der Waals surface area contributed by atoms with Gasteiger partial charge in [0.2, 0.25) is 0 Å². The highest BCUT2D eigenvalue weighted by Crippen LogP contribution is 2.38. The number of esters is 2. The predicted molar refractivity (Wildman–Crippen MR) is 122 cm³/mol. The van der Waals surface area contributed by atoms with Crippen LogP contribution in [0.2, 0.25) is 5.02 Å². The molecule has 0 unspecified atom stereocenters. The van der Waals surface area contributed by atoms with Gasteiger partial charge in [0.05, 0.1) is 12.5 Å². The van der Waals surface area contributed by atoms with Crippen molar-refractivity contribution in [3.05, 3.63) is 51.4 Å². The maximum absolute atomic E-state index is 12.6. The number of nitrogens with zero attached hydrogens (tertiary/aromatic N) is 1. The van der Waals surface area contributed by atoms with E-state index in [1.165, 1.54) is 23.3 Å². The summed E-state index contributed by atoms with van der Waals surface area (Å²) in [6, 6.07) is 8.67. The number of rotatable bonds is 6. The second kappa shape index (κ2) is 10.1. The summed E-state index contributed by atoms with van der Waals surface area (Å²) in [5.74, 6) is -0.563. The first-order chi connectivity index (χ1) is 13.8. The van der Waals surface area contributed by atoms with Crippen molar-refractivity contribution in [2.24, 2.45) is 5.41 Å². The first-order valence-electron chi connectivity index (χ1n) is 9.67. The Hall–Kier alpha value is -1.60. The second-order valence-corrected chi connectivity index (χ2v) is 9.31. The molecule has 0 saturated carbocycles. The third-order valence-corrected chi connectivity index (χ3v) is 6.95. The van der Waals surface area contributed by atoms with Crippen molar-refractivity contribution < 1.29 is 19.1 Å². The molecule has 0 bridgehead atoms. The summed E-state index contributed by atoms with van der Waals surface area (Å²) in [5.41, 5.74) is 1.28. The van der Waals surface area contributed by atoms with E-state index >= 15 is 0 Å². The molecule has 5 nitrogen and oxygen atoms in total. The Morgan fingerprint density at radius 2 is 2.00 bits per heavy atom. The smallest absolute Gasteiger partial charge is 0.327 e. The fourth-order valence-corrected chi connectivity index (χ4v) is 4.50. The van der Waals surface area contributed by atoms with Gasteiger partial charge >= 0.3 is 11.9 Å². The van der Waals surface area contributed by atoms with Gasteiger partial charge in [-0.3, -0.25) is 9.69 Å². The van der Waals surface area contributed by atoms with E-state index in [4.69, 9.17) is 21.1 Å². The average Bonchev–Trinajstić information content (AvgIpc) is 3.10. The lowest BCUT2D eigenvalue weighted by Gasteiger charge is -2.33. The summed E-state index contributed by atoms with van der Waals surface area (Å²) >= 11 is 7.87. The number of thiophene rings is 1. The molecule has 0 saturated heterocycles. The number of ether oxygens (including phenoxy) is 2. The second-order valence-electron chi connectivity index (χ2n) is 7.81. The van der Waals surface area contributed by atoms with Crippen LogP contribution in [-0.2, 0) is 27.3 Å². The molecule has 0 amide bonds. The van der Waals surface area contributed by atoms with Crippen molar-refractivity contribution >= 4 is 47.3 Å². The third kappa shape index (κ3) is 5.17. The van der Waals surface area contributed by atoms with Crippen LogP contribution >= 0.6 is 35.3 Å². The van der Waals surface area contributed by atoms with Crippen molar-refractivity contribution in [3.63, 3.8) is 0 Å². The van der Waals surface area contributed by atoms with E-state index < -0.39 is 11.5 Å². The number of fused-ring (bicyclic) bond motifs is 1. The number of hydrogen-bond donors (Lipinski definition) is 0. The standard InChI is InChI=1S/C22H26ClNO4S.ClH/c1-5-22(2,3)21(26)28-18-12-14-13-24(11-10-17(14)29-18)19(20(25)27-4)15-8-6-7-9-16(15)23;/h6-9,12,19H,5,10-11,13H2,1-4H3;1H/t19-;/m0./s1. The minimum Gasteiger partial charge on any atom is -0.468 e. The highest BCUT2D eigenvalue weighted by Gasteiger charge is 2.34. The molecular weight excluding hydrogens is 445 g/mol. The average molecular weight is 472 g/mol. The summed E-state index contributed by atoms with van der Waals surface area (Å²) in [6.45, 7) is 6.99. The first kappa shape index (κ1) is 24.7. The minimum absolute atomic E-state index is 0. The van der Waals surface area contributed by atoms with E-state index in [1.54, 1.807) is 6.07 Å². The van der Waals surface area contributed by atoms with Crippen molar-refractivity contribution in [3.8, 4) is 5.06 Å². The Kier molecular flexibility index (Phi) is 8.34. The number of halogens is 2. The number of methoxy groups -OCH3 is 1. The zero-order valence-electron chi connectivity index (χ0n) is 17.6. The topological polar surface area (TPSA) is 55.8 Å². The first-order valence-corrected chi connectivity index (χ1v) is 10.9. The lowest BCUT2D eigenvalue weighted by Crippen LogP contribution is -2.38. The van der Waals surface area contributed by atoms with Crippen LogP contribution in [0.3, 0.4) is 0 Å². The molecule has 164 valence electrons. The van der Waals surface area contributed by atoms with Gasteiger partial charge in [-0.25, -0.2) is 4.79 Å². The van der Waals surface area contributed by atoms with Gasteiger partial charge < -0.3 is 9.47 Å². The zero-order valence-corrected chi connectivity index (χ0v) is 20.0. The summed E-state index contributed by atoms with van der Waals surface area (Å²) in [4.78, 5) is 28.2. The monoisotopic (exact) mass is 471 g/mol. The van der Waals surface area contributed by atoms with E-state index in [1.807, 2.05) is 45.0 Å². The number of carbonyl (C=O) groups is 2. The van der Waals surface area contributed by atoms with Gasteiger partial charge in [-0.1, -0.05) is 36.7 Å². The number of carbonyl (C=O) groups excluding carboxylic acids is 2. The van der Waals surface area contributed by atoms with Gasteiger partial charge in [0.15, 0.2) is 5.06 Å². The molecule has 0 N–H and O–H groups in total. The molecule has 0 aliphatic carbocycles. The SMILES string of the molecule is CCC(C)(C)C(=O)Oc1cc2c(s1)CCN([C@H](C(=O)OC)c1ccccc1Cl)C2.Cl. The maximum atomic E-state index is 12.6. The van der Waals surface area contributed by atoms with Gasteiger partial charge in [0.25, 0.3) is 0 Å². The summed E-state index contributed by atoms with van der Waals surface area (Å²) < 4.78 is 10.7. The molecule has 0 radical (unpaired) electrons. The minimum atomic E-state index is -0.577. The maximum Gasteiger partial charge on any atom is 0.327 e. The molecule has 1 aromatic heterocycles. The van der Waals surface area contributed by atoms with Crippen molar-refractivity contribution in [2.75, 3.05) is 13.7 Å². The van der Waals surface area contributed by atoms with E-state index in [0.29, 0.717) is 29.6 Å². The van der Waals surface area contributed by atoms with Crippen LogP contribution in [0.5, 0.6) is 5.06 Å². The van der Waals surface area contributed by atoms with Gasteiger partial charge in [0.1, 0.15) is 6.04 Å². The predicted octanol–water partition coefficient (Wildman–Crippen LogP) is 5.44. The summed E-state index contributed by atoms with van der Waals surface area (Å²) in [7, 11) is 1.39. The van der Waals surface area contributed by atoms with E-state index in [2.05, 4.69) is 4.90 Å². The van der Waals surface area contributed by atoms with Crippen molar-refractivity contribution in [1.82, 2.24) is 4.90 Å². The van der Waals surface area contributed by atoms with Crippen LogP contribution in [0.25, 0.3) is 0 Å². The van der Waals surface area contributed by atoms with Crippen LogP contribution in [0.4, 0.5) is 0 Å². The molecule has 1 aliphatic heterocycles. The van der Waals surface area contributed by atoms with Gasteiger partial charge in [-0.05, 0) is 49.9 Å². The Morgan fingerprint density at radius 3 is 2.63 bits per heavy atom. The lowest BCUT2D eigenvalue weighted by atomic mass is 9.91. The van der Waals surface area contributed by atoms with Gasteiger partial charge in [0, 0.05) is 23.0 Å². The number of hydrogen-bond acceptors (Lipinski definition) is 6. The van der Waals surface area contributed by atoms with Crippen LogP contribution in [0.15, 0.2) is 30.3 Å². The zero-order chi connectivity index (χ0) is 21.2. The molecular formula is C22H27Cl2NO4S. The fourth-order valence-electron chi connectivity index (χ4n) is 3.25. The highest BCUT2D eigenvalue weighted by atomic mass is 35.5. The third-order valence-electron chi connectivity index (χ3n) is 5.49. The molecule has 2 aromatic rings. The Balaban J connectivity index is 0.00000320. The van der Waals surface area contributed by atoms with Crippen LogP contribution in [0, 0.1) is 5.41 Å². The number of benzene rings is 1. The quantitative estimate of drug-likeness (QED) is 0.525. The molecule has 30 heavy (non-hydrogen) atoms. The molecule has 2 heterocycles. The summed E-state index contributed by atoms with van der Waals surface area (Å²) in [6.07, 6.45) is 1.48. The summed E-state index contributed by atoms with van der Waals surface area (Å²) in [5, 5.41) is 1.14. The molecule has 3 rings (SSSR count). The van der Waals surface area contributed by atoms with Gasteiger partial charge in [-0.2, -0.15) is 0 Å². The van der Waals surface area contributed by atoms with Crippen LogP contribution in [0.1, 0.15) is 49.2 Å². The largest absolute Gasteiger partial charge is 0.468 e. The Morgan fingerprint density at radius 1 is 1.30 bits per heavy atom. The van der Waals surface area contributed by atoms with E-state index in [-0.39, 0.29) is 24.3 Å². The Bertz CT molecular complexity index is 912. The fraction of sp³-hybridized carbons (Fsp3) is 0.455. The van der Waals surface area contributed by atoms with Crippen molar-refractivity contribution in [1.29, 1.82) is 0 Å². The molecule has 0 spiro atoms. The molecule has 0 fully saturated rings. The van der Waals surface area contributed by atoms with Crippen LogP contribution < -0.4 is 4.74 Å².